The van der Waals surface area contributed by atoms with Crippen LogP contribution in [0.2, 0.25) is 0 Å². The first kappa shape index (κ1) is 16.2. The summed E-state index contributed by atoms with van der Waals surface area (Å²) in [6.07, 6.45) is 1.57. The summed E-state index contributed by atoms with van der Waals surface area (Å²) >= 11 is 0. The molecule has 0 unspecified atom stereocenters. The zero-order valence-corrected chi connectivity index (χ0v) is 13.1. The Morgan fingerprint density at radius 2 is 1.95 bits per heavy atom. The molecule has 0 saturated heterocycles. The summed E-state index contributed by atoms with van der Waals surface area (Å²) in [5.74, 6) is -0.655. The predicted octanol–water partition coefficient (Wildman–Crippen LogP) is 2.13. The Hall–Kier alpha value is -2.21. The summed E-state index contributed by atoms with van der Waals surface area (Å²) in [5.41, 5.74) is 0.590. The van der Waals surface area contributed by atoms with E-state index in [2.05, 4.69) is 36.5 Å². The summed E-state index contributed by atoms with van der Waals surface area (Å²) in [5, 5.41) is 10.2. The van der Waals surface area contributed by atoms with Gasteiger partial charge in [-0.1, -0.05) is 12.1 Å². The van der Waals surface area contributed by atoms with Gasteiger partial charge in [0.25, 0.3) is 5.91 Å². The summed E-state index contributed by atoms with van der Waals surface area (Å²) in [6.45, 7) is 7.35. The first-order valence-electron chi connectivity index (χ1n) is 7.20. The first-order chi connectivity index (χ1) is 10.4. The van der Waals surface area contributed by atoms with Crippen molar-refractivity contribution in [3.05, 3.63) is 48.0 Å². The number of amides is 1. The highest BCUT2D eigenvalue weighted by Crippen LogP contribution is 2.12. The van der Waals surface area contributed by atoms with Crippen LogP contribution in [0.15, 0.2) is 36.5 Å². The first-order valence-corrected chi connectivity index (χ1v) is 7.20. The molecule has 118 valence electrons. The molecule has 0 fully saturated rings. The number of nitrogens with zero attached hydrogens (tertiary/aromatic N) is 2. The van der Waals surface area contributed by atoms with Gasteiger partial charge < -0.3 is 10.6 Å². The molecule has 1 amide bonds. The quantitative estimate of drug-likeness (QED) is 0.832. The van der Waals surface area contributed by atoms with E-state index < -0.39 is 0 Å². The highest BCUT2D eigenvalue weighted by atomic mass is 19.1. The summed E-state index contributed by atoms with van der Waals surface area (Å²) in [6, 6.07) is 7.86. The van der Waals surface area contributed by atoms with Crippen molar-refractivity contribution in [3.63, 3.8) is 0 Å². The average Bonchev–Trinajstić information content (AvgIpc) is 2.92. The van der Waals surface area contributed by atoms with Gasteiger partial charge in [-0.3, -0.25) is 4.79 Å². The zero-order chi connectivity index (χ0) is 16.2. The molecule has 2 rings (SSSR count). The van der Waals surface area contributed by atoms with Gasteiger partial charge in [0.05, 0.1) is 0 Å². The third-order valence-corrected chi connectivity index (χ3v) is 2.99. The Kier molecular flexibility index (Phi) is 4.92. The molecule has 0 spiro atoms. The number of hydrogen-bond donors (Lipinski definition) is 2. The van der Waals surface area contributed by atoms with Crippen molar-refractivity contribution in [2.24, 2.45) is 0 Å². The minimum Gasteiger partial charge on any atom is -0.349 e. The Balaban J connectivity index is 1.94. The molecule has 2 aromatic rings. The van der Waals surface area contributed by atoms with Crippen molar-refractivity contribution in [3.8, 4) is 5.69 Å². The van der Waals surface area contributed by atoms with Gasteiger partial charge in [0.1, 0.15) is 11.5 Å². The number of hydrogen-bond acceptors (Lipinski definition) is 3. The molecule has 0 atom stereocenters. The lowest BCUT2D eigenvalue weighted by Crippen LogP contribution is -2.41. The average molecular weight is 304 g/mol. The van der Waals surface area contributed by atoms with Crippen LogP contribution in [0, 0.1) is 5.82 Å². The lowest BCUT2D eigenvalue weighted by molar-refractivity contribution is 0.0947. The Morgan fingerprint density at radius 1 is 1.23 bits per heavy atom. The van der Waals surface area contributed by atoms with E-state index in [1.165, 1.54) is 10.7 Å². The molecule has 6 heteroatoms. The number of carbonyl (C=O) groups is 1. The van der Waals surface area contributed by atoms with Crippen molar-refractivity contribution in [1.82, 2.24) is 20.4 Å². The molecular weight excluding hydrogens is 283 g/mol. The fraction of sp³-hybridized carbons (Fsp3) is 0.375. The number of carbonyl (C=O) groups excluding carboxylic acids is 1. The van der Waals surface area contributed by atoms with E-state index in [9.17, 15) is 9.18 Å². The number of benzene rings is 1. The Morgan fingerprint density at radius 3 is 2.64 bits per heavy atom. The predicted molar refractivity (Wildman–Crippen MR) is 83.6 cm³/mol. The van der Waals surface area contributed by atoms with E-state index in [1.807, 2.05) is 0 Å². The van der Waals surface area contributed by atoms with Gasteiger partial charge in [-0.05, 0) is 39.0 Å². The van der Waals surface area contributed by atoms with Crippen LogP contribution in [0.4, 0.5) is 4.39 Å². The van der Waals surface area contributed by atoms with E-state index >= 15 is 0 Å². The van der Waals surface area contributed by atoms with Crippen LogP contribution >= 0.6 is 0 Å². The minimum atomic E-state index is -0.382. The van der Waals surface area contributed by atoms with E-state index in [1.54, 1.807) is 30.5 Å². The molecule has 1 aromatic carbocycles. The smallest absolute Gasteiger partial charge is 0.271 e. The fourth-order valence-electron chi connectivity index (χ4n) is 1.92. The number of aromatic nitrogens is 2. The normalized spacial score (nSPS) is 11.5. The van der Waals surface area contributed by atoms with Gasteiger partial charge in [0.2, 0.25) is 0 Å². The second-order valence-corrected chi connectivity index (χ2v) is 6.03. The third-order valence-electron chi connectivity index (χ3n) is 2.99. The van der Waals surface area contributed by atoms with Crippen molar-refractivity contribution in [1.29, 1.82) is 0 Å². The molecule has 1 heterocycles. The number of rotatable bonds is 5. The lowest BCUT2D eigenvalue weighted by Gasteiger charge is -2.20. The molecule has 5 nitrogen and oxygen atoms in total. The topological polar surface area (TPSA) is 58.9 Å². The highest BCUT2D eigenvalue weighted by Gasteiger charge is 2.12. The molecule has 22 heavy (non-hydrogen) atoms. The van der Waals surface area contributed by atoms with Gasteiger partial charge in [-0.15, -0.1) is 0 Å². The zero-order valence-electron chi connectivity index (χ0n) is 13.1. The molecule has 0 aliphatic carbocycles. The molecule has 0 aliphatic rings. The largest absolute Gasteiger partial charge is 0.349 e. The van der Waals surface area contributed by atoms with Crippen LogP contribution in [0.1, 0.15) is 31.3 Å². The third kappa shape index (κ3) is 4.39. The summed E-state index contributed by atoms with van der Waals surface area (Å²) < 4.78 is 15.0. The van der Waals surface area contributed by atoms with E-state index in [4.69, 9.17) is 0 Å². The Labute approximate surface area is 129 Å². The number of para-hydroxylation sites is 1. The van der Waals surface area contributed by atoms with Crippen LogP contribution < -0.4 is 10.6 Å². The Bertz CT molecular complexity index is 646. The van der Waals surface area contributed by atoms with Crippen LogP contribution in [0.3, 0.4) is 0 Å². The summed E-state index contributed by atoms with van der Waals surface area (Å²) in [4.78, 5) is 12.0. The second kappa shape index (κ2) is 6.70. The minimum absolute atomic E-state index is 0.0111. The van der Waals surface area contributed by atoms with Crippen LogP contribution in [-0.2, 0) is 0 Å². The van der Waals surface area contributed by atoms with Gasteiger partial charge in [-0.2, -0.15) is 5.10 Å². The van der Waals surface area contributed by atoms with Gasteiger partial charge in [0, 0.05) is 24.8 Å². The standard InChI is InChI=1S/C16H21FN4O/c1-16(2,3)19-10-9-18-15(22)13-8-11-21(20-13)14-7-5-4-6-12(14)17/h4-8,11,19H,9-10H2,1-3H3,(H,18,22). The van der Waals surface area contributed by atoms with Crippen LogP contribution in [0.25, 0.3) is 5.69 Å². The molecule has 0 saturated carbocycles. The molecule has 2 N–H and O–H groups in total. The SMILES string of the molecule is CC(C)(C)NCCNC(=O)c1ccn(-c2ccccc2F)n1. The van der Waals surface area contributed by atoms with Crippen LogP contribution in [0.5, 0.6) is 0 Å². The van der Waals surface area contributed by atoms with Crippen molar-refractivity contribution in [2.45, 2.75) is 26.3 Å². The van der Waals surface area contributed by atoms with Gasteiger partial charge >= 0.3 is 0 Å². The van der Waals surface area contributed by atoms with Crippen molar-refractivity contribution < 1.29 is 9.18 Å². The molecular formula is C16H21FN4O. The van der Waals surface area contributed by atoms with E-state index in [-0.39, 0.29) is 23.0 Å². The second-order valence-electron chi connectivity index (χ2n) is 6.03. The number of nitrogens with one attached hydrogen (secondary N) is 2. The van der Waals surface area contributed by atoms with Crippen molar-refractivity contribution in [2.75, 3.05) is 13.1 Å². The van der Waals surface area contributed by atoms with Crippen LogP contribution in [-0.4, -0.2) is 34.3 Å². The summed E-state index contributed by atoms with van der Waals surface area (Å²) in [7, 11) is 0. The highest BCUT2D eigenvalue weighted by molar-refractivity contribution is 5.92. The van der Waals surface area contributed by atoms with Gasteiger partial charge in [-0.25, -0.2) is 9.07 Å². The van der Waals surface area contributed by atoms with E-state index in [0.29, 0.717) is 18.8 Å². The van der Waals surface area contributed by atoms with E-state index in [0.717, 1.165) is 0 Å². The maximum absolute atomic E-state index is 13.7. The van der Waals surface area contributed by atoms with Gasteiger partial charge in [0.15, 0.2) is 5.69 Å². The fourth-order valence-corrected chi connectivity index (χ4v) is 1.92. The molecule has 1 aromatic heterocycles. The lowest BCUT2D eigenvalue weighted by atomic mass is 10.1. The molecule has 0 aliphatic heterocycles. The van der Waals surface area contributed by atoms with Crippen molar-refractivity contribution >= 4 is 5.91 Å². The number of halogens is 1. The maximum Gasteiger partial charge on any atom is 0.271 e. The monoisotopic (exact) mass is 304 g/mol. The molecule has 0 radical (unpaired) electrons. The maximum atomic E-state index is 13.7. The molecule has 0 bridgehead atoms.